The van der Waals surface area contributed by atoms with Gasteiger partial charge in [-0.2, -0.15) is 0 Å². The number of rotatable bonds is 2. The molecule has 17 heavy (non-hydrogen) atoms. The Kier molecular flexibility index (Phi) is 5.04. The Balaban J connectivity index is 0.00000144. The van der Waals surface area contributed by atoms with Crippen LogP contribution in [-0.2, 0) is 0 Å². The third kappa shape index (κ3) is 4.17. The second-order valence-electron chi connectivity index (χ2n) is 3.19. The molecule has 0 radical (unpaired) electrons. The Bertz CT molecular complexity index is 416. The van der Waals surface area contributed by atoms with Crippen LogP contribution in [0.5, 0.6) is 5.75 Å². The van der Waals surface area contributed by atoms with E-state index in [1.165, 1.54) is 0 Å². The molecule has 0 heterocycles. The van der Waals surface area contributed by atoms with E-state index in [1.807, 2.05) is 36.4 Å². The molecule has 0 unspecified atom stereocenters. The molecule has 2 aromatic rings. The smallest absolute Gasteiger partial charge is 0.410 e. The molecule has 0 aliphatic heterocycles. The zero-order valence-electron chi connectivity index (χ0n) is 9.00. The van der Waals surface area contributed by atoms with E-state index in [9.17, 15) is 4.79 Å². The van der Waals surface area contributed by atoms with E-state index in [2.05, 4.69) is 5.32 Å². The number of ether oxygens (including phenoxy) is 1. The van der Waals surface area contributed by atoms with E-state index in [-0.39, 0.29) is 12.4 Å². The lowest BCUT2D eigenvalue weighted by atomic mass is 10.3. The topological polar surface area (TPSA) is 38.3 Å². The molecule has 0 atom stereocenters. The molecule has 0 fully saturated rings. The number of benzene rings is 2. The summed E-state index contributed by atoms with van der Waals surface area (Å²) < 4.78 is 5.07. The minimum Gasteiger partial charge on any atom is -0.410 e. The van der Waals surface area contributed by atoms with E-state index in [0.717, 1.165) is 0 Å². The molecular formula is C13H12ClNO2. The quantitative estimate of drug-likeness (QED) is 0.881. The Labute approximate surface area is 106 Å². The second kappa shape index (κ2) is 6.55. The SMILES string of the molecule is Cl.O=C(Nc1ccccc1)Oc1ccccc1. The summed E-state index contributed by atoms with van der Waals surface area (Å²) in [6, 6.07) is 18.1. The number of nitrogens with one attached hydrogen (secondary N) is 1. The fraction of sp³-hybridized carbons (Fsp3) is 0. The molecule has 4 heteroatoms. The maximum absolute atomic E-state index is 11.4. The monoisotopic (exact) mass is 249 g/mol. The standard InChI is InChI=1S/C13H11NO2.ClH/c15-13(14-11-7-3-1-4-8-11)16-12-9-5-2-6-10-12;/h1-10H,(H,14,15);1H. The highest BCUT2D eigenvalue weighted by Crippen LogP contribution is 2.10. The molecule has 3 nitrogen and oxygen atoms in total. The Morgan fingerprint density at radius 3 is 2.00 bits per heavy atom. The normalized spacial score (nSPS) is 8.94. The van der Waals surface area contributed by atoms with Gasteiger partial charge >= 0.3 is 6.09 Å². The Hall–Kier alpha value is -2.00. The van der Waals surface area contributed by atoms with Crippen LogP contribution in [0.25, 0.3) is 0 Å². The first-order valence-corrected chi connectivity index (χ1v) is 4.93. The lowest BCUT2D eigenvalue weighted by molar-refractivity contribution is 0.215. The Morgan fingerprint density at radius 1 is 0.882 bits per heavy atom. The molecule has 2 aromatic carbocycles. The predicted octanol–water partition coefficient (Wildman–Crippen LogP) is 3.72. The van der Waals surface area contributed by atoms with Gasteiger partial charge in [-0.25, -0.2) is 4.79 Å². The Morgan fingerprint density at radius 2 is 1.41 bits per heavy atom. The van der Waals surface area contributed by atoms with E-state index in [1.54, 1.807) is 24.3 Å². The van der Waals surface area contributed by atoms with Gasteiger partial charge in [0, 0.05) is 5.69 Å². The summed E-state index contributed by atoms with van der Waals surface area (Å²) in [6.07, 6.45) is -0.489. The van der Waals surface area contributed by atoms with Gasteiger partial charge in [-0.3, -0.25) is 5.32 Å². The van der Waals surface area contributed by atoms with Crippen molar-refractivity contribution in [3.63, 3.8) is 0 Å². The molecule has 1 N–H and O–H groups in total. The van der Waals surface area contributed by atoms with Gasteiger partial charge in [0.15, 0.2) is 0 Å². The number of carbonyl (C=O) groups is 1. The van der Waals surface area contributed by atoms with Crippen molar-refractivity contribution in [2.75, 3.05) is 5.32 Å². The molecular weight excluding hydrogens is 238 g/mol. The highest BCUT2D eigenvalue weighted by Gasteiger charge is 2.03. The van der Waals surface area contributed by atoms with Crippen molar-refractivity contribution in [1.82, 2.24) is 0 Å². The van der Waals surface area contributed by atoms with Crippen molar-refractivity contribution in [1.29, 1.82) is 0 Å². The fourth-order valence-electron chi connectivity index (χ4n) is 1.26. The summed E-state index contributed by atoms with van der Waals surface area (Å²) in [7, 11) is 0. The summed E-state index contributed by atoms with van der Waals surface area (Å²) in [5.74, 6) is 0.524. The first kappa shape index (κ1) is 13.1. The molecule has 0 saturated carbocycles. The highest BCUT2D eigenvalue weighted by molar-refractivity contribution is 5.86. The average molecular weight is 250 g/mol. The zero-order valence-corrected chi connectivity index (χ0v) is 9.81. The second-order valence-corrected chi connectivity index (χ2v) is 3.19. The van der Waals surface area contributed by atoms with E-state index in [0.29, 0.717) is 11.4 Å². The van der Waals surface area contributed by atoms with Crippen molar-refractivity contribution in [3.8, 4) is 5.75 Å². The molecule has 2 rings (SSSR count). The largest absolute Gasteiger partial charge is 0.417 e. The number of para-hydroxylation sites is 2. The van der Waals surface area contributed by atoms with Crippen LogP contribution in [0.4, 0.5) is 10.5 Å². The van der Waals surface area contributed by atoms with Crippen LogP contribution in [0.2, 0.25) is 0 Å². The lowest BCUT2D eigenvalue weighted by Gasteiger charge is -2.05. The molecule has 88 valence electrons. The summed E-state index contributed by atoms with van der Waals surface area (Å²) in [6.45, 7) is 0. The highest BCUT2D eigenvalue weighted by atomic mass is 35.5. The number of anilines is 1. The predicted molar refractivity (Wildman–Crippen MR) is 69.8 cm³/mol. The van der Waals surface area contributed by atoms with Crippen LogP contribution in [0.1, 0.15) is 0 Å². The van der Waals surface area contributed by atoms with Gasteiger partial charge in [-0.05, 0) is 24.3 Å². The third-order valence-corrected chi connectivity index (χ3v) is 1.97. The number of halogens is 1. The maximum atomic E-state index is 11.4. The molecule has 0 saturated heterocycles. The third-order valence-electron chi connectivity index (χ3n) is 1.97. The minimum atomic E-state index is -0.489. The number of carbonyl (C=O) groups excluding carboxylic acids is 1. The van der Waals surface area contributed by atoms with Crippen LogP contribution in [0.15, 0.2) is 60.7 Å². The summed E-state index contributed by atoms with van der Waals surface area (Å²) in [5.41, 5.74) is 0.712. The summed E-state index contributed by atoms with van der Waals surface area (Å²) in [4.78, 5) is 11.4. The first-order chi connectivity index (χ1) is 7.84. The molecule has 0 aromatic heterocycles. The van der Waals surface area contributed by atoms with Crippen molar-refractivity contribution < 1.29 is 9.53 Å². The van der Waals surface area contributed by atoms with E-state index < -0.39 is 6.09 Å². The number of amides is 1. The molecule has 0 spiro atoms. The van der Waals surface area contributed by atoms with Crippen LogP contribution >= 0.6 is 12.4 Å². The van der Waals surface area contributed by atoms with Crippen molar-refractivity contribution in [2.24, 2.45) is 0 Å². The van der Waals surface area contributed by atoms with Gasteiger partial charge in [0.05, 0.1) is 0 Å². The average Bonchev–Trinajstić information content (AvgIpc) is 2.31. The van der Waals surface area contributed by atoms with Gasteiger partial charge in [0.25, 0.3) is 0 Å². The van der Waals surface area contributed by atoms with E-state index >= 15 is 0 Å². The zero-order chi connectivity index (χ0) is 11.2. The van der Waals surface area contributed by atoms with Crippen LogP contribution in [0.3, 0.4) is 0 Å². The fourth-order valence-corrected chi connectivity index (χ4v) is 1.26. The van der Waals surface area contributed by atoms with E-state index in [4.69, 9.17) is 4.74 Å². The molecule has 1 amide bonds. The molecule has 0 aliphatic rings. The van der Waals surface area contributed by atoms with Crippen molar-refractivity contribution in [2.45, 2.75) is 0 Å². The van der Waals surface area contributed by atoms with Crippen molar-refractivity contribution >= 4 is 24.2 Å². The van der Waals surface area contributed by atoms with Gasteiger partial charge in [0.2, 0.25) is 0 Å². The van der Waals surface area contributed by atoms with Gasteiger partial charge in [-0.1, -0.05) is 36.4 Å². The molecule has 0 aliphatic carbocycles. The first-order valence-electron chi connectivity index (χ1n) is 4.93. The van der Waals surface area contributed by atoms with Crippen LogP contribution < -0.4 is 10.1 Å². The number of hydrogen-bond donors (Lipinski definition) is 1. The van der Waals surface area contributed by atoms with Gasteiger partial charge < -0.3 is 4.74 Å². The lowest BCUT2D eigenvalue weighted by Crippen LogP contribution is -2.16. The molecule has 0 bridgehead atoms. The number of hydrogen-bond acceptors (Lipinski definition) is 2. The summed E-state index contributed by atoms with van der Waals surface area (Å²) in [5, 5.41) is 2.63. The minimum absolute atomic E-state index is 0. The summed E-state index contributed by atoms with van der Waals surface area (Å²) >= 11 is 0. The van der Waals surface area contributed by atoms with Crippen LogP contribution in [0, 0.1) is 0 Å². The van der Waals surface area contributed by atoms with Gasteiger partial charge in [-0.15, -0.1) is 12.4 Å². The van der Waals surface area contributed by atoms with Crippen molar-refractivity contribution in [3.05, 3.63) is 60.7 Å². The van der Waals surface area contributed by atoms with Gasteiger partial charge in [0.1, 0.15) is 5.75 Å². The van der Waals surface area contributed by atoms with Crippen LogP contribution in [-0.4, -0.2) is 6.09 Å². The maximum Gasteiger partial charge on any atom is 0.417 e.